The normalized spacial score (nSPS) is 21.3. The van der Waals surface area contributed by atoms with Crippen molar-refractivity contribution < 1.29 is 9.47 Å². The number of hydrogen-bond donors (Lipinski definition) is 2. The summed E-state index contributed by atoms with van der Waals surface area (Å²) in [5.74, 6) is 1.57. The molecule has 0 spiro atoms. The van der Waals surface area contributed by atoms with Crippen LogP contribution in [0.1, 0.15) is 71.8 Å². The van der Waals surface area contributed by atoms with E-state index in [0.717, 1.165) is 41.6 Å². The van der Waals surface area contributed by atoms with Crippen molar-refractivity contribution in [3.8, 4) is 11.5 Å². The summed E-state index contributed by atoms with van der Waals surface area (Å²) >= 11 is 6.01. The number of ether oxygens (including phenoxy) is 2. The van der Waals surface area contributed by atoms with Gasteiger partial charge in [0.1, 0.15) is 0 Å². The van der Waals surface area contributed by atoms with Gasteiger partial charge in [0.2, 0.25) is 0 Å². The summed E-state index contributed by atoms with van der Waals surface area (Å²) in [6, 6.07) is 6.92. The predicted octanol–water partition coefficient (Wildman–Crippen LogP) is 4.63. The molecular formula is C24H39N3O2S. The van der Waals surface area contributed by atoms with Crippen LogP contribution in [0, 0.1) is 0 Å². The molecule has 0 radical (unpaired) electrons. The van der Waals surface area contributed by atoms with E-state index in [4.69, 9.17) is 21.7 Å². The van der Waals surface area contributed by atoms with Gasteiger partial charge in [-0.1, -0.05) is 25.0 Å². The molecule has 2 N–H and O–H groups in total. The van der Waals surface area contributed by atoms with E-state index >= 15 is 0 Å². The molecule has 30 heavy (non-hydrogen) atoms. The molecule has 0 bridgehead atoms. The molecule has 1 saturated carbocycles. The summed E-state index contributed by atoms with van der Waals surface area (Å²) in [5, 5.41) is 8.36. The number of nitrogens with one attached hydrogen (secondary N) is 2. The van der Waals surface area contributed by atoms with E-state index in [1.807, 2.05) is 12.1 Å². The minimum atomic E-state index is 0.0865. The minimum Gasteiger partial charge on any atom is -0.493 e. The van der Waals surface area contributed by atoms with E-state index in [-0.39, 0.29) is 11.1 Å². The van der Waals surface area contributed by atoms with Crippen LogP contribution in [0.3, 0.4) is 0 Å². The van der Waals surface area contributed by atoms with Crippen LogP contribution >= 0.6 is 12.2 Å². The number of benzene rings is 1. The third-order valence-electron chi connectivity index (χ3n) is 6.37. The van der Waals surface area contributed by atoms with E-state index in [0.29, 0.717) is 12.1 Å². The summed E-state index contributed by atoms with van der Waals surface area (Å²) in [5.41, 5.74) is 1.28. The highest BCUT2D eigenvalue weighted by Crippen LogP contribution is 2.34. The van der Waals surface area contributed by atoms with Gasteiger partial charge in [-0.05, 0) is 71.7 Å². The Morgan fingerprint density at radius 3 is 2.30 bits per heavy atom. The first-order valence-electron chi connectivity index (χ1n) is 11.2. The average Bonchev–Trinajstić information content (AvgIpc) is 3.17. The van der Waals surface area contributed by atoms with Crippen LogP contribution < -0.4 is 20.1 Å². The van der Waals surface area contributed by atoms with Gasteiger partial charge in [0.15, 0.2) is 16.6 Å². The van der Waals surface area contributed by atoms with Gasteiger partial charge in [0, 0.05) is 35.3 Å². The Morgan fingerprint density at radius 2 is 1.73 bits per heavy atom. The molecule has 1 aliphatic carbocycles. The molecule has 1 aromatic rings. The van der Waals surface area contributed by atoms with Gasteiger partial charge in [-0.2, -0.15) is 0 Å². The lowest BCUT2D eigenvalue weighted by Crippen LogP contribution is -2.63. The number of rotatable bonds is 6. The summed E-state index contributed by atoms with van der Waals surface area (Å²) in [6.45, 7) is 9.85. The lowest BCUT2D eigenvalue weighted by Gasteiger charge is -2.47. The summed E-state index contributed by atoms with van der Waals surface area (Å²) in [4.78, 5) is 2.39. The summed E-state index contributed by atoms with van der Waals surface area (Å²) < 4.78 is 11.2. The number of methoxy groups -OCH3 is 2. The monoisotopic (exact) mass is 433 g/mol. The summed E-state index contributed by atoms with van der Waals surface area (Å²) in [7, 11) is 3.39. The highest BCUT2D eigenvalue weighted by atomic mass is 32.1. The number of thiocarbonyl (C=S) groups is 1. The van der Waals surface area contributed by atoms with Gasteiger partial charge in [0.05, 0.1) is 14.2 Å². The van der Waals surface area contributed by atoms with Gasteiger partial charge in [0.25, 0.3) is 0 Å². The Labute approximate surface area is 187 Å². The topological polar surface area (TPSA) is 45.8 Å². The lowest BCUT2D eigenvalue weighted by atomic mass is 9.80. The molecule has 2 aliphatic rings. The van der Waals surface area contributed by atoms with Crippen molar-refractivity contribution in [2.24, 2.45) is 0 Å². The lowest BCUT2D eigenvalue weighted by molar-refractivity contribution is 0.152. The quantitative estimate of drug-likeness (QED) is 0.638. The Kier molecular flexibility index (Phi) is 7.18. The Bertz CT molecular complexity index is 728. The number of piperidine rings is 1. The molecule has 168 valence electrons. The molecule has 1 saturated heterocycles. The number of hydrogen-bond acceptors (Lipinski definition) is 4. The summed E-state index contributed by atoms with van der Waals surface area (Å²) in [6.07, 6.45) is 7.03. The van der Waals surface area contributed by atoms with Crippen molar-refractivity contribution in [3.05, 3.63) is 23.8 Å². The van der Waals surface area contributed by atoms with Gasteiger partial charge >= 0.3 is 0 Å². The second kappa shape index (κ2) is 9.31. The molecule has 2 fully saturated rings. The maximum Gasteiger partial charge on any atom is 0.169 e. The highest BCUT2D eigenvalue weighted by Gasteiger charge is 2.38. The molecule has 0 amide bonds. The molecule has 0 unspecified atom stereocenters. The van der Waals surface area contributed by atoms with Crippen molar-refractivity contribution in [2.45, 2.75) is 95.9 Å². The molecule has 1 aliphatic heterocycles. The average molecular weight is 434 g/mol. The van der Waals surface area contributed by atoms with Crippen LogP contribution in [0.4, 0.5) is 0 Å². The van der Waals surface area contributed by atoms with Crippen molar-refractivity contribution in [3.63, 3.8) is 0 Å². The second-order valence-corrected chi connectivity index (χ2v) is 10.6. The molecular weight excluding hydrogens is 394 g/mol. The zero-order chi connectivity index (χ0) is 21.9. The van der Waals surface area contributed by atoms with E-state index in [9.17, 15) is 0 Å². The zero-order valence-electron chi connectivity index (χ0n) is 19.5. The van der Waals surface area contributed by atoms with Gasteiger partial charge in [-0.25, -0.2) is 0 Å². The van der Waals surface area contributed by atoms with Crippen LogP contribution in [0.5, 0.6) is 11.5 Å². The molecule has 1 heterocycles. The van der Waals surface area contributed by atoms with Crippen LogP contribution in [0.15, 0.2) is 18.2 Å². The van der Waals surface area contributed by atoms with E-state index in [1.54, 1.807) is 14.2 Å². The van der Waals surface area contributed by atoms with Crippen LogP contribution in [0.2, 0.25) is 0 Å². The van der Waals surface area contributed by atoms with Crippen LogP contribution in [-0.4, -0.2) is 47.4 Å². The fourth-order valence-electron chi connectivity index (χ4n) is 5.53. The minimum absolute atomic E-state index is 0.0865. The second-order valence-electron chi connectivity index (χ2n) is 10.2. The SMILES string of the molecule is COc1cccc(CN(C(=S)NC2CC(C)(C)NC(C)(C)C2)C2CCCC2)c1OC. The Hall–Kier alpha value is -1.53. The fraction of sp³-hybridized carbons (Fsp3) is 0.708. The third-order valence-corrected chi connectivity index (χ3v) is 6.72. The van der Waals surface area contributed by atoms with Crippen LogP contribution in [0.25, 0.3) is 0 Å². The van der Waals surface area contributed by atoms with Crippen molar-refractivity contribution >= 4 is 17.3 Å². The fourth-order valence-corrected chi connectivity index (χ4v) is 5.91. The van der Waals surface area contributed by atoms with Crippen molar-refractivity contribution in [1.29, 1.82) is 0 Å². The number of nitrogens with zero attached hydrogens (tertiary/aromatic N) is 1. The molecule has 6 heteroatoms. The largest absolute Gasteiger partial charge is 0.493 e. The first kappa shape index (κ1) is 23.1. The first-order chi connectivity index (χ1) is 14.1. The third kappa shape index (κ3) is 5.58. The molecule has 0 atom stereocenters. The first-order valence-corrected chi connectivity index (χ1v) is 11.6. The van der Waals surface area contributed by atoms with Gasteiger partial charge < -0.3 is 25.0 Å². The van der Waals surface area contributed by atoms with Crippen molar-refractivity contribution in [2.75, 3.05) is 14.2 Å². The molecule has 3 rings (SSSR count). The standard InChI is InChI=1S/C24H39N3O2S/c1-23(2)14-18(15-24(3,4)26-23)25-22(30)27(19-11-7-8-12-19)16-17-10-9-13-20(28-5)21(17)29-6/h9-10,13,18-19,26H,7-8,11-12,14-16H2,1-6H3,(H,25,30). The smallest absolute Gasteiger partial charge is 0.169 e. The molecule has 0 aromatic heterocycles. The number of para-hydroxylation sites is 1. The van der Waals surface area contributed by atoms with Crippen molar-refractivity contribution in [1.82, 2.24) is 15.5 Å². The maximum atomic E-state index is 6.01. The van der Waals surface area contributed by atoms with Gasteiger partial charge in [-0.3, -0.25) is 0 Å². The maximum absolute atomic E-state index is 6.01. The zero-order valence-corrected chi connectivity index (χ0v) is 20.3. The Balaban J connectivity index is 1.80. The van der Waals surface area contributed by atoms with E-state index in [1.165, 1.54) is 25.7 Å². The van der Waals surface area contributed by atoms with E-state index < -0.39 is 0 Å². The molecule has 1 aromatic carbocycles. The van der Waals surface area contributed by atoms with E-state index in [2.05, 4.69) is 49.3 Å². The predicted molar refractivity (Wildman–Crippen MR) is 127 cm³/mol. The molecule has 5 nitrogen and oxygen atoms in total. The van der Waals surface area contributed by atoms with Crippen LogP contribution in [-0.2, 0) is 6.54 Å². The Morgan fingerprint density at radius 1 is 1.10 bits per heavy atom. The highest BCUT2D eigenvalue weighted by molar-refractivity contribution is 7.80. The van der Waals surface area contributed by atoms with Gasteiger partial charge in [-0.15, -0.1) is 0 Å².